The summed E-state index contributed by atoms with van der Waals surface area (Å²) < 4.78 is 13.0. The monoisotopic (exact) mass is 210 g/mol. The molecule has 4 heteroatoms. The second-order valence-corrected chi connectivity index (χ2v) is 3.97. The summed E-state index contributed by atoms with van der Waals surface area (Å²) in [6.07, 6.45) is 0.229. The molecule has 0 bridgehead atoms. The Morgan fingerprint density at radius 3 is 3.00 bits per heavy atom. The lowest BCUT2D eigenvalue weighted by Gasteiger charge is -2.19. The summed E-state index contributed by atoms with van der Waals surface area (Å²) in [5.74, 6) is -0.224. The number of nitrogens with two attached hydrogens (primary N) is 1. The Hall–Kier alpha value is -1.13. The minimum atomic E-state index is -0.671. The molecule has 0 spiro atoms. The molecule has 1 aliphatic rings. The maximum absolute atomic E-state index is 13.0. The van der Waals surface area contributed by atoms with Crippen LogP contribution in [0.5, 0.6) is 0 Å². The highest BCUT2D eigenvalue weighted by Crippen LogP contribution is 2.30. The zero-order valence-electron chi connectivity index (χ0n) is 8.41. The third-order valence-electron chi connectivity index (χ3n) is 2.91. The number of aliphatic hydroxyl groups excluding tert-OH is 1. The smallest absolute Gasteiger partial charge is 0.123 e. The Labute approximate surface area is 88.1 Å². The Morgan fingerprint density at radius 2 is 2.33 bits per heavy atom. The van der Waals surface area contributed by atoms with E-state index < -0.39 is 6.10 Å². The summed E-state index contributed by atoms with van der Waals surface area (Å²) in [6.45, 7) is 1.66. The van der Waals surface area contributed by atoms with Crippen molar-refractivity contribution in [1.29, 1.82) is 0 Å². The highest BCUT2D eigenvalue weighted by atomic mass is 19.1. The number of aliphatic hydroxyl groups is 1. The van der Waals surface area contributed by atoms with Crippen molar-refractivity contribution in [3.05, 3.63) is 29.6 Å². The Bertz CT molecular complexity index is 350. The van der Waals surface area contributed by atoms with E-state index in [-0.39, 0.29) is 11.7 Å². The highest BCUT2D eigenvalue weighted by molar-refractivity contribution is 5.48. The van der Waals surface area contributed by atoms with Gasteiger partial charge in [0.2, 0.25) is 0 Å². The van der Waals surface area contributed by atoms with E-state index in [1.807, 2.05) is 0 Å². The summed E-state index contributed by atoms with van der Waals surface area (Å²) in [5, 5.41) is 13.2. The van der Waals surface area contributed by atoms with Crippen molar-refractivity contribution in [2.24, 2.45) is 5.92 Å². The zero-order chi connectivity index (χ0) is 10.8. The SMILES string of the molecule is Nc1ccc(F)cc1C(O)C1CCNC1. The van der Waals surface area contributed by atoms with Gasteiger partial charge in [-0.2, -0.15) is 0 Å². The Morgan fingerprint density at radius 1 is 1.53 bits per heavy atom. The summed E-state index contributed by atoms with van der Waals surface area (Å²) in [4.78, 5) is 0. The van der Waals surface area contributed by atoms with Crippen molar-refractivity contribution in [2.45, 2.75) is 12.5 Å². The average molecular weight is 210 g/mol. The third kappa shape index (κ3) is 2.11. The van der Waals surface area contributed by atoms with Crippen LogP contribution in [-0.2, 0) is 0 Å². The number of hydrogen-bond acceptors (Lipinski definition) is 3. The number of rotatable bonds is 2. The van der Waals surface area contributed by atoms with Gasteiger partial charge in [0.25, 0.3) is 0 Å². The van der Waals surface area contributed by atoms with Crippen molar-refractivity contribution in [3.8, 4) is 0 Å². The molecule has 2 unspecified atom stereocenters. The first-order valence-electron chi connectivity index (χ1n) is 5.12. The van der Waals surface area contributed by atoms with Crippen LogP contribution >= 0.6 is 0 Å². The molecule has 1 aliphatic heterocycles. The summed E-state index contributed by atoms with van der Waals surface area (Å²) in [5.41, 5.74) is 6.67. The van der Waals surface area contributed by atoms with Crippen molar-refractivity contribution in [2.75, 3.05) is 18.8 Å². The minimum Gasteiger partial charge on any atom is -0.398 e. The number of benzene rings is 1. The molecule has 4 N–H and O–H groups in total. The number of halogens is 1. The van der Waals surface area contributed by atoms with Gasteiger partial charge in [0.1, 0.15) is 5.82 Å². The second kappa shape index (κ2) is 4.16. The van der Waals surface area contributed by atoms with Crippen LogP contribution in [0.2, 0.25) is 0 Å². The van der Waals surface area contributed by atoms with E-state index in [1.165, 1.54) is 18.2 Å². The predicted octanol–water partition coefficient (Wildman–Crippen LogP) is 1.05. The van der Waals surface area contributed by atoms with Crippen LogP contribution in [0.1, 0.15) is 18.1 Å². The molecular formula is C11H15FN2O. The fraction of sp³-hybridized carbons (Fsp3) is 0.455. The average Bonchev–Trinajstić information content (AvgIpc) is 2.74. The van der Waals surface area contributed by atoms with Gasteiger partial charge in [0.15, 0.2) is 0 Å². The van der Waals surface area contributed by atoms with Gasteiger partial charge in [-0.05, 0) is 31.2 Å². The number of nitrogen functional groups attached to an aromatic ring is 1. The van der Waals surface area contributed by atoms with Crippen molar-refractivity contribution >= 4 is 5.69 Å². The van der Waals surface area contributed by atoms with Gasteiger partial charge < -0.3 is 16.2 Å². The van der Waals surface area contributed by atoms with Gasteiger partial charge in [0.05, 0.1) is 6.10 Å². The van der Waals surface area contributed by atoms with Gasteiger partial charge in [-0.1, -0.05) is 0 Å². The Kier molecular flexibility index (Phi) is 2.88. The Balaban J connectivity index is 2.23. The van der Waals surface area contributed by atoms with E-state index in [9.17, 15) is 9.50 Å². The van der Waals surface area contributed by atoms with Gasteiger partial charge >= 0.3 is 0 Å². The number of anilines is 1. The first-order chi connectivity index (χ1) is 7.18. The molecule has 0 aromatic heterocycles. The lowest BCUT2D eigenvalue weighted by atomic mass is 9.94. The maximum Gasteiger partial charge on any atom is 0.123 e. The van der Waals surface area contributed by atoms with E-state index in [4.69, 9.17) is 5.73 Å². The molecule has 15 heavy (non-hydrogen) atoms. The number of hydrogen-bond donors (Lipinski definition) is 3. The molecule has 3 nitrogen and oxygen atoms in total. The predicted molar refractivity (Wildman–Crippen MR) is 56.7 cm³/mol. The topological polar surface area (TPSA) is 58.3 Å². The lowest BCUT2D eigenvalue weighted by molar-refractivity contribution is 0.118. The molecule has 0 saturated carbocycles. The van der Waals surface area contributed by atoms with Crippen LogP contribution in [0.25, 0.3) is 0 Å². The zero-order valence-corrected chi connectivity index (χ0v) is 8.41. The summed E-state index contributed by atoms with van der Waals surface area (Å²) >= 11 is 0. The summed E-state index contributed by atoms with van der Waals surface area (Å²) in [7, 11) is 0. The standard InChI is InChI=1S/C11H15FN2O/c12-8-1-2-10(13)9(5-8)11(15)7-3-4-14-6-7/h1-2,5,7,11,14-15H,3-4,6,13H2. The third-order valence-corrected chi connectivity index (χ3v) is 2.91. The molecule has 82 valence electrons. The van der Waals surface area contributed by atoms with Crippen LogP contribution < -0.4 is 11.1 Å². The molecule has 1 heterocycles. The molecule has 0 radical (unpaired) electrons. The van der Waals surface area contributed by atoms with Crippen LogP contribution in [0, 0.1) is 11.7 Å². The lowest BCUT2D eigenvalue weighted by Crippen LogP contribution is -2.17. The van der Waals surface area contributed by atoms with Crippen LogP contribution in [0.15, 0.2) is 18.2 Å². The van der Waals surface area contributed by atoms with Crippen molar-refractivity contribution in [3.63, 3.8) is 0 Å². The largest absolute Gasteiger partial charge is 0.398 e. The fourth-order valence-electron chi connectivity index (χ4n) is 2.00. The van der Waals surface area contributed by atoms with Crippen molar-refractivity contribution < 1.29 is 9.50 Å². The molecule has 2 atom stereocenters. The minimum absolute atomic E-state index is 0.133. The van der Waals surface area contributed by atoms with Gasteiger partial charge in [0, 0.05) is 23.7 Å². The van der Waals surface area contributed by atoms with E-state index in [1.54, 1.807) is 0 Å². The maximum atomic E-state index is 13.0. The van der Waals surface area contributed by atoms with Gasteiger partial charge in [-0.15, -0.1) is 0 Å². The van der Waals surface area contributed by atoms with E-state index in [0.29, 0.717) is 11.3 Å². The first kappa shape index (κ1) is 10.4. The van der Waals surface area contributed by atoms with E-state index in [0.717, 1.165) is 19.5 Å². The highest BCUT2D eigenvalue weighted by Gasteiger charge is 2.25. The molecule has 2 rings (SSSR count). The molecule has 0 amide bonds. The van der Waals surface area contributed by atoms with E-state index in [2.05, 4.69) is 5.32 Å². The second-order valence-electron chi connectivity index (χ2n) is 3.97. The molecule has 1 fully saturated rings. The number of nitrogens with one attached hydrogen (secondary N) is 1. The summed E-state index contributed by atoms with van der Waals surface area (Å²) in [6, 6.07) is 4.12. The normalized spacial score (nSPS) is 22.9. The quantitative estimate of drug-likeness (QED) is 0.639. The van der Waals surface area contributed by atoms with Crippen molar-refractivity contribution in [1.82, 2.24) is 5.32 Å². The molecule has 1 aromatic rings. The van der Waals surface area contributed by atoms with Crippen LogP contribution in [-0.4, -0.2) is 18.2 Å². The fourth-order valence-corrected chi connectivity index (χ4v) is 2.00. The molecule has 1 aromatic carbocycles. The molecular weight excluding hydrogens is 195 g/mol. The first-order valence-corrected chi connectivity index (χ1v) is 5.12. The van der Waals surface area contributed by atoms with E-state index >= 15 is 0 Å². The van der Waals surface area contributed by atoms with Crippen LogP contribution in [0.3, 0.4) is 0 Å². The molecule has 1 saturated heterocycles. The van der Waals surface area contributed by atoms with Crippen LogP contribution in [0.4, 0.5) is 10.1 Å². The molecule has 0 aliphatic carbocycles. The van der Waals surface area contributed by atoms with Gasteiger partial charge in [-0.3, -0.25) is 0 Å². The van der Waals surface area contributed by atoms with Gasteiger partial charge in [-0.25, -0.2) is 4.39 Å².